The second kappa shape index (κ2) is 6.15. The van der Waals surface area contributed by atoms with E-state index >= 15 is 0 Å². The van der Waals surface area contributed by atoms with Gasteiger partial charge in [0.25, 0.3) is 5.69 Å². The topological polar surface area (TPSA) is 69.4 Å². The minimum Gasteiger partial charge on any atom is -0.469 e. The van der Waals surface area contributed by atoms with Crippen molar-refractivity contribution in [2.75, 3.05) is 7.11 Å². The van der Waals surface area contributed by atoms with Crippen molar-refractivity contribution in [3.63, 3.8) is 0 Å². The van der Waals surface area contributed by atoms with Crippen molar-refractivity contribution in [2.45, 2.75) is 6.42 Å². The van der Waals surface area contributed by atoms with Gasteiger partial charge in [-0.1, -0.05) is 28.1 Å². The van der Waals surface area contributed by atoms with E-state index in [9.17, 15) is 14.9 Å². The molecule has 1 rings (SSSR count). The van der Waals surface area contributed by atoms with Crippen LogP contribution < -0.4 is 0 Å². The van der Waals surface area contributed by atoms with Gasteiger partial charge < -0.3 is 4.74 Å². The third-order valence-corrected chi connectivity index (χ3v) is 2.49. The molecule has 17 heavy (non-hydrogen) atoms. The Morgan fingerprint density at radius 3 is 2.88 bits per heavy atom. The molecule has 0 spiro atoms. The maximum absolute atomic E-state index is 10.9. The fourth-order valence-corrected chi connectivity index (χ4v) is 1.53. The molecule has 0 N–H and O–H groups in total. The summed E-state index contributed by atoms with van der Waals surface area (Å²) in [7, 11) is 1.29. The van der Waals surface area contributed by atoms with Crippen LogP contribution in [0.1, 0.15) is 12.0 Å². The van der Waals surface area contributed by atoms with Crippen molar-refractivity contribution in [3.05, 3.63) is 44.4 Å². The molecule has 0 amide bonds. The van der Waals surface area contributed by atoms with Gasteiger partial charge in [-0.25, -0.2) is 0 Å². The Morgan fingerprint density at radius 1 is 1.59 bits per heavy atom. The van der Waals surface area contributed by atoms with E-state index in [1.54, 1.807) is 12.1 Å². The summed E-state index contributed by atoms with van der Waals surface area (Å²) in [5, 5.41) is 10.8. The van der Waals surface area contributed by atoms with Crippen LogP contribution >= 0.6 is 15.9 Å². The number of halogens is 1. The molecule has 0 heterocycles. The minimum absolute atomic E-state index is 0.0134. The van der Waals surface area contributed by atoms with Crippen LogP contribution in [-0.4, -0.2) is 18.0 Å². The molecular weight excluding hydrogens is 290 g/mol. The Balaban J connectivity index is 2.90. The molecule has 90 valence electrons. The molecule has 0 fully saturated rings. The fraction of sp³-hybridized carbons (Fsp3) is 0.182. The van der Waals surface area contributed by atoms with E-state index in [1.165, 1.54) is 25.3 Å². The molecule has 0 aliphatic carbocycles. The van der Waals surface area contributed by atoms with Gasteiger partial charge >= 0.3 is 5.97 Å². The van der Waals surface area contributed by atoms with Crippen LogP contribution in [0.2, 0.25) is 0 Å². The van der Waals surface area contributed by atoms with Gasteiger partial charge in [0.05, 0.1) is 24.0 Å². The van der Waals surface area contributed by atoms with Crippen molar-refractivity contribution < 1.29 is 14.5 Å². The van der Waals surface area contributed by atoms with Gasteiger partial charge in [-0.3, -0.25) is 14.9 Å². The van der Waals surface area contributed by atoms with E-state index in [0.717, 1.165) is 0 Å². The number of nitrogens with zero attached hydrogens (tertiary/aromatic N) is 1. The molecule has 0 bridgehead atoms. The molecule has 0 unspecified atom stereocenters. The van der Waals surface area contributed by atoms with E-state index in [0.29, 0.717) is 10.0 Å². The summed E-state index contributed by atoms with van der Waals surface area (Å²) in [6.45, 7) is 0. The molecule has 0 aromatic heterocycles. The van der Waals surface area contributed by atoms with Crippen molar-refractivity contribution >= 4 is 33.7 Å². The summed E-state index contributed by atoms with van der Waals surface area (Å²) in [6.07, 6.45) is 3.15. The van der Waals surface area contributed by atoms with Crippen molar-refractivity contribution in [1.29, 1.82) is 0 Å². The molecule has 0 aliphatic heterocycles. The van der Waals surface area contributed by atoms with Crippen LogP contribution in [0.15, 0.2) is 28.7 Å². The number of nitro groups is 1. The highest BCUT2D eigenvalue weighted by molar-refractivity contribution is 9.10. The van der Waals surface area contributed by atoms with E-state index in [4.69, 9.17) is 0 Å². The number of benzene rings is 1. The maximum atomic E-state index is 10.9. The smallest absolute Gasteiger partial charge is 0.309 e. The van der Waals surface area contributed by atoms with Crippen LogP contribution in [0.4, 0.5) is 5.69 Å². The number of carbonyl (C=O) groups is 1. The van der Waals surface area contributed by atoms with Gasteiger partial charge in [-0.05, 0) is 12.1 Å². The standard InChI is InChI=1S/C11H10BrNO4/c1-17-11(14)4-2-3-8-5-6-9(12)7-10(8)13(15)16/h2-3,5-7H,4H2,1H3. The first-order valence-corrected chi connectivity index (χ1v) is 5.51. The predicted molar refractivity (Wildman–Crippen MR) is 66.5 cm³/mol. The van der Waals surface area contributed by atoms with Crippen LogP contribution in [0, 0.1) is 10.1 Å². The van der Waals surface area contributed by atoms with Crippen LogP contribution in [0.5, 0.6) is 0 Å². The second-order valence-corrected chi connectivity index (χ2v) is 4.06. The van der Waals surface area contributed by atoms with Crippen molar-refractivity contribution in [1.82, 2.24) is 0 Å². The number of esters is 1. The average Bonchev–Trinajstić information content (AvgIpc) is 2.30. The first-order valence-electron chi connectivity index (χ1n) is 4.72. The zero-order valence-corrected chi connectivity index (χ0v) is 10.6. The molecule has 1 aromatic carbocycles. The molecule has 0 atom stereocenters. The Kier molecular flexibility index (Phi) is 4.84. The van der Waals surface area contributed by atoms with Gasteiger partial charge in [0, 0.05) is 10.5 Å². The van der Waals surface area contributed by atoms with Crippen LogP contribution in [-0.2, 0) is 9.53 Å². The third kappa shape index (κ3) is 3.99. The highest BCUT2D eigenvalue weighted by Crippen LogP contribution is 2.24. The molecule has 1 aromatic rings. The summed E-state index contributed by atoms with van der Waals surface area (Å²) in [5.74, 6) is -0.388. The quantitative estimate of drug-likeness (QED) is 0.487. The van der Waals surface area contributed by atoms with Gasteiger partial charge in [-0.15, -0.1) is 0 Å². The lowest BCUT2D eigenvalue weighted by Gasteiger charge is -1.98. The number of nitro benzene ring substituents is 1. The van der Waals surface area contributed by atoms with Crippen LogP contribution in [0.3, 0.4) is 0 Å². The highest BCUT2D eigenvalue weighted by atomic mass is 79.9. The highest BCUT2D eigenvalue weighted by Gasteiger charge is 2.11. The Bertz CT molecular complexity index is 471. The zero-order chi connectivity index (χ0) is 12.8. The second-order valence-electron chi connectivity index (χ2n) is 3.14. The number of methoxy groups -OCH3 is 1. The number of carbonyl (C=O) groups excluding carboxylic acids is 1. The lowest BCUT2D eigenvalue weighted by atomic mass is 10.1. The van der Waals surface area contributed by atoms with Gasteiger partial charge in [-0.2, -0.15) is 0 Å². The van der Waals surface area contributed by atoms with Crippen molar-refractivity contribution in [2.24, 2.45) is 0 Å². The van der Waals surface area contributed by atoms with E-state index in [1.807, 2.05) is 0 Å². The molecule has 0 radical (unpaired) electrons. The largest absolute Gasteiger partial charge is 0.469 e. The molecule has 6 heteroatoms. The maximum Gasteiger partial charge on any atom is 0.309 e. The van der Waals surface area contributed by atoms with Crippen molar-refractivity contribution in [3.8, 4) is 0 Å². The normalized spacial score (nSPS) is 10.5. The number of hydrogen-bond acceptors (Lipinski definition) is 4. The lowest BCUT2D eigenvalue weighted by molar-refractivity contribution is -0.385. The molecule has 0 aliphatic rings. The molecule has 5 nitrogen and oxygen atoms in total. The summed E-state index contributed by atoms with van der Waals surface area (Å²) >= 11 is 3.16. The summed E-state index contributed by atoms with van der Waals surface area (Å²) < 4.78 is 5.09. The Labute approximate surface area is 106 Å². The molecular formula is C11H10BrNO4. The summed E-state index contributed by atoms with van der Waals surface area (Å²) in [5.41, 5.74) is 0.433. The van der Waals surface area contributed by atoms with Gasteiger partial charge in [0.2, 0.25) is 0 Å². The summed E-state index contributed by atoms with van der Waals surface area (Å²) in [6, 6.07) is 4.72. The van der Waals surface area contributed by atoms with E-state index in [-0.39, 0.29) is 18.1 Å². The van der Waals surface area contributed by atoms with Gasteiger partial charge in [0.1, 0.15) is 0 Å². The SMILES string of the molecule is COC(=O)CC=Cc1ccc(Br)cc1[N+](=O)[O-]. The summed E-state index contributed by atoms with van der Waals surface area (Å²) in [4.78, 5) is 21.2. The van der Waals surface area contributed by atoms with Crippen LogP contribution in [0.25, 0.3) is 6.08 Å². The Morgan fingerprint density at radius 2 is 2.29 bits per heavy atom. The molecule has 0 saturated heterocycles. The third-order valence-electron chi connectivity index (χ3n) is 2.00. The fourth-order valence-electron chi connectivity index (χ4n) is 1.18. The zero-order valence-electron chi connectivity index (χ0n) is 9.05. The number of hydrogen-bond donors (Lipinski definition) is 0. The minimum atomic E-state index is -0.470. The number of rotatable bonds is 4. The number of ether oxygens (including phenoxy) is 1. The Hall–Kier alpha value is -1.69. The molecule has 0 saturated carbocycles. The first-order chi connectivity index (χ1) is 8.04. The van der Waals surface area contributed by atoms with Gasteiger partial charge in [0.15, 0.2) is 0 Å². The monoisotopic (exact) mass is 299 g/mol. The average molecular weight is 300 g/mol. The van der Waals surface area contributed by atoms with E-state index < -0.39 is 4.92 Å². The van der Waals surface area contributed by atoms with E-state index in [2.05, 4.69) is 20.7 Å². The predicted octanol–water partition coefficient (Wildman–Crippen LogP) is 2.93. The first kappa shape index (κ1) is 13.4. The lowest BCUT2D eigenvalue weighted by Crippen LogP contribution is -1.97.